The van der Waals surface area contributed by atoms with Crippen molar-refractivity contribution in [2.24, 2.45) is 11.1 Å². The van der Waals surface area contributed by atoms with Crippen LogP contribution in [0.25, 0.3) is 0 Å². The second kappa shape index (κ2) is 5.41. The lowest BCUT2D eigenvalue weighted by Crippen LogP contribution is -2.57. The summed E-state index contributed by atoms with van der Waals surface area (Å²) in [7, 11) is 0. The smallest absolute Gasteiger partial charge is 0.121 e. The average Bonchev–Trinajstić information content (AvgIpc) is 2.43. The average molecular weight is 260 g/mol. The molecule has 0 bridgehead atoms. The largest absolute Gasteiger partial charge is 0.492 e. The second-order valence-electron chi connectivity index (χ2n) is 6.05. The normalized spacial score (nSPS) is 21.2. The summed E-state index contributed by atoms with van der Waals surface area (Å²) in [4.78, 5) is 2.49. The summed E-state index contributed by atoms with van der Waals surface area (Å²) in [5.74, 6) is 0.938. The molecule has 3 heteroatoms. The molecule has 3 nitrogen and oxygen atoms in total. The summed E-state index contributed by atoms with van der Waals surface area (Å²) < 4.78 is 5.60. The van der Waals surface area contributed by atoms with E-state index in [9.17, 15) is 0 Å². The molecule has 3 rings (SSSR count). The fraction of sp³-hybridized carbons (Fsp3) is 0.625. The van der Waals surface area contributed by atoms with Gasteiger partial charge in [0.25, 0.3) is 0 Å². The van der Waals surface area contributed by atoms with Crippen molar-refractivity contribution in [3.8, 4) is 5.75 Å². The van der Waals surface area contributed by atoms with E-state index < -0.39 is 0 Å². The first-order valence-corrected chi connectivity index (χ1v) is 7.49. The molecule has 1 spiro atoms. The summed E-state index contributed by atoms with van der Waals surface area (Å²) in [6.07, 6.45) is 7.13. The summed E-state index contributed by atoms with van der Waals surface area (Å²) >= 11 is 0. The minimum Gasteiger partial charge on any atom is -0.492 e. The van der Waals surface area contributed by atoms with Gasteiger partial charge < -0.3 is 15.4 Å². The molecule has 1 aromatic rings. The van der Waals surface area contributed by atoms with Crippen molar-refractivity contribution >= 4 is 5.69 Å². The highest BCUT2D eigenvalue weighted by Crippen LogP contribution is 2.45. The van der Waals surface area contributed by atoms with Crippen LogP contribution in [0, 0.1) is 5.41 Å². The lowest BCUT2D eigenvalue weighted by atomic mass is 9.68. The number of anilines is 1. The predicted molar refractivity (Wildman–Crippen MR) is 78.7 cm³/mol. The van der Waals surface area contributed by atoms with Gasteiger partial charge in [0.2, 0.25) is 0 Å². The summed E-state index contributed by atoms with van der Waals surface area (Å²) in [5.41, 5.74) is 7.40. The molecule has 2 N–H and O–H groups in total. The number of rotatable bonds is 4. The SMILES string of the molecule is NCCOc1cccc(N2CC3(CCCCC3)C2)c1. The number of hydrogen-bond acceptors (Lipinski definition) is 3. The van der Waals surface area contributed by atoms with Crippen molar-refractivity contribution in [1.29, 1.82) is 0 Å². The third-order valence-electron chi connectivity index (χ3n) is 4.54. The first-order chi connectivity index (χ1) is 9.31. The molecular formula is C16H24N2O. The molecule has 1 aliphatic heterocycles. The van der Waals surface area contributed by atoms with Gasteiger partial charge in [0, 0.05) is 36.8 Å². The Morgan fingerprint density at radius 1 is 1.16 bits per heavy atom. The van der Waals surface area contributed by atoms with Gasteiger partial charge in [-0.25, -0.2) is 0 Å². The van der Waals surface area contributed by atoms with Gasteiger partial charge in [-0.1, -0.05) is 25.3 Å². The molecule has 1 saturated carbocycles. The molecule has 19 heavy (non-hydrogen) atoms. The number of nitrogens with zero attached hydrogens (tertiary/aromatic N) is 1. The third-order valence-corrected chi connectivity index (χ3v) is 4.54. The standard InChI is InChI=1S/C16H24N2O/c17-9-10-19-15-6-4-5-14(11-15)18-12-16(13-18)7-2-1-3-8-16/h4-6,11H,1-3,7-10,12-13,17H2. The fourth-order valence-electron chi connectivity index (χ4n) is 3.51. The zero-order valence-corrected chi connectivity index (χ0v) is 11.6. The molecule has 1 aromatic carbocycles. The number of nitrogens with two attached hydrogens (primary N) is 1. The van der Waals surface area contributed by atoms with Crippen LogP contribution >= 0.6 is 0 Å². The van der Waals surface area contributed by atoms with Gasteiger partial charge in [0.15, 0.2) is 0 Å². The van der Waals surface area contributed by atoms with Crippen molar-refractivity contribution < 1.29 is 4.74 Å². The van der Waals surface area contributed by atoms with Crippen molar-refractivity contribution in [2.45, 2.75) is 32.1 Å². The molecule has 1 aliphatic carbocycles. The zero-order chi connectivity index (χ0) is 13.1. The summed E-state index contributed by atoms with van der Waals surface area (Å²) in [5, 5.41) is 0. The van der Waals surface area contributed by atoms with Crippen LogP contribution in [-0.4, -0.2) is 26.2 Å². The van der Waals surface area contributed by atoms with E-state index in [-0.39, 0.29) is 0 Å². The van der Waals surface area contributed by atoms with E-state index in [1.54, 1.807) is 0 Å². The van der Waals surface area contributed by atoms with Gasteiger partial charge in [-0.15, -0.1) is 0 Å². The molecule has 2 aliphatic rings. The number of hydrogen-bond donors (Lipinski definition) is 1. The summed E-state index contributed by atoms with van der Waals surface area (Å²) in [6, 6.07) is 8.42. The lowest BCUT2D eigenvalue weighted by Gasteiger charge is -2.53. The van der Waals surface area contributed by atoms with Crippen LogP contribution in [0.3, 0.4) is 0 Å². The van der Waals surface area contributed by atoms with Crippen LogP contribution in [-0.2, 0) is 0 Å². The third kappa shape index (κ3) is 2.71. The number of ether oxygens (including phenoxy) is 1. The Kier molecular flexibility index (Phi) is 3.65. The molecular weight excluding hydrogens is 236 g/mol. The van der Waals surface area contributed by atoms with Gasteiger partial charge in [0.05, 0.1) is 0 Å². The predicted octanol–water partition coefficient (Wildman–Crippen LogP) is 2.79. The van der Waals surface area contributed by atoms with Crippen molar-refractivity contribution in [1.82, 2.24) is 0 Å². The Hall–Kier alpha value is -1.22. The Morgan fingerprint density at radius 3 is 2.68 bits per heavy atom. The monoisotopic (exact) mass is 260 g/mol. The van der Waals surface area contributed by atoms with E-state index in [2.05, 4.69) is 23.1 Å². The van der Waals surface area contributed by atoms with Crippen LogP contribution in [0.15, 0.2) is 24.3 Å². The number of benzene rings is 1. The maximum Gasteiger partial charge on any atom is 0.121 e. The lowest BCUT2D eigenvalue weighted by molar-refractivity contribution is 0.139. The maximum atomic E-state index is 5.60. The zero-order valence-electron chi connectivity index (χ0n) is 11.6. The first kappa shape index (κ1) is 12.8. The van der Waals surface area contributed by atoms with E-state index in [0.29, 0.717) is 18.6 Å². The molecule has 0 radical (unpaired) electrons. The minimum atomic E-state index is 0.567. The Balaban J connectivity index is 1.61. The topological polar surface area (TPSA) is 38.5 Å². The van der Waals surface area contributed by atoms with Crippen LogP contribution in [0.4, 0.5) is 5.69 Å². The van der Waals surface area contributed by atoms with Crippen LogP contribution < -0.4 is 15.4 Å². The van der Waals surface area contributed by atoms with Gasteiger partial charge in [-0.2, -0.15) is 0 Å². The van der Waals surface area contributed by atoms with Crippen molar-refractivity contribution in [3.63, 3.8) is 0 Å². The molecule has 1 heterocycles. The molecule has 0 amide bonds. The highest BCUT2D eigenvalue weighted by molar-refractivity contribution is 5.53. The Morgan fingerprint density at radius 2 is 1.95 bits per heavy atom. The molecule has 0 unspecified atom stereocenters. The van der Waals surface area contributed by atoms with Crippen LogP contribution in [0.5, 0.6) is 5.75 Å². The van der Waals surface area contributed by atoms with Gasteiger partial charge >= 0.3 is 0 Å². The first-order valence-electron chi connectivity index (χ1n) is 7.49. The fourth-order valence-corrected chi connectivity index (χ4v) is 3.51. The van der Waals surface area contributed by atoms with Crippen molar-refractivity contribution in [3.05, 3.63) is 24.3 Å². The summed E-state index contributed by atoms with van der Waals surface area (Å²) in [6.45, 7) is 3.62. The van der Waals surface area contributed by atoms with E-state index in [1.165, 1.54) is 50.9 Å². The van der Waals surface area contributed by atoms with E-state index in [1.807, 2.05) is 6.07 Å². The van der Waals surface area contributed by atoms with E-state index in [0.717, 1.165) is 5.75 Å². The molecule has 2 fully saturated rings. The molecule has 0 aromatic heterocycles. The van der Waals surface area contributed by atoms with Gasteiger partial charge in [-0.3, -0.25) is 0 Å². The van der Waals surface area contributed by atoms with Crippen LogP contribution in [0.2, 0.25) is 0 Å². The Labute approximate surface area is 115 Å². The van der Waals surface area contributed by atoms with Crippen LogP contribution in [0.1, 0.15) is 32.1 Å². The van der Waals surface area contributed by atoms with E-state index in [4.69, 9.17) is 10.5 Å². The molecule has 104 valence electrons. The highest BCUT2D eigenvalue weighted by atomic mass is 16.5. The minimum absolute atomic E-state index is 0.567. The van der Waals surface area contributed by atoms with Gasteiger partial charge in [0.1, 0.15) is 12.4 Å². The maximum absolute atomic E-state index is 5.60. The second-order valence-corrected chi connectivity index (χ2v) is 6.05. The van der Waals surface area contributed by atoms with E-state index >= 15 is 0 Å². The van der Waals surface area contributed by atoms with Gasteiger partial charge in [-0.05, 0) is 25.0 Å². The van der Waals surface area contributed by atoms with Crippen molar-refractivity contribution in [2.75, 3.05) is 31.1 Å². The molecule has 0 atom stereocenters. The Bertz CT molecular complexity index is 419. The molecule has 1 saturated heterocycles. The highest BCUT2D eigenvalue weighted by Gasteiger charge is 2.43. The quantitative estimate of drug-likeness (QED) is 0.904.